The molecule has 1 aromatic carbocycles. The Balaban J connectivity index is 1.96. The molecule has 2 rings (SSSR count). The van der Waals surface area contributed by atoms with Gasteiger partial charge in [0.25, 0.3) is 11.8 Å². The van der Waals surface area contributed by atoms with Gasteiger partial charge in [-0.15, -0.1) is 0 Å². The highest BCUT2D eigenvalue weighted by Crippen LogP contribution is 2.22. The highest BCUT2D eigenvalue weighted by Gasteiger charge is 2.28. The fourth-order valence-electron chi connectivity index (χ4n) is 3.12. The van der Waals surface area contributed by atoms with E-state index in [-0.39, 0.29) is 29.8 Å². The number of nitrogens with zero attached hydrogens (tertiary/aromatic N) is 1. The summed E-state index contributed by atoms with van der Waals surface area (Å²) in [6.07, 6.45) is 1.97. The Morgan fingerprint density at radius 3 is 2.14 bits per heavy atom. The normalized spacial score (nSPS) is 15.4. The van der Waals surface area contributed by atoms with Gasteiger partial charge in [-0.2, -0.15) is 0 Å². The van der Waals surface area contributed by atoms with E-state index in [0.717, 1.165) is 18.4 Å². The molecule has 0 saturated carbocycles. The summed E-state index contributed by atoms with van der Waals surface area (Å²) in [5.41, 5.74) is 1.62. The molecule has 1 fully saturated rings. The first-order valence-electron chi connectivity index (χ1n) is 9.95. The van der Waals surface area contributed by atoms with Crippen molar-refractivity contribution in [2.24, 2.45) is 5.92 Å². The molecule has 0 radical (unpaired) electrons. The van der Waals surface area contributed by atoms with Gasteiger partial charge in [-0.3, -0.25) is 9.59 Å². The molecule has 0 aliphatic carbocycles. The first-order chi connectivity index (χ1) is 13.1. The molecule has 1 N–H and O–H groups in total. The van der Waals surface area contributed by atoms with Crippen molar-refractivity contribution in [2.75, 3.05) is 19.7 Å². The zero-order valence-electron chi connectivity index (χ0n) is 17.6. The van der Waals surface area contributed by atoms with Crippen molar-refractivity contribution < 1.29 is 19.1 Å². The van der Waals surface area contributed by atoms with E-state index in [2.05, 4.69) is 26.1 Å². The van der Waals surface area contributed by atoms with Crippen LogP contribution in [0.3, 0.4) is 0 Å². The number of ether oxygens (including phenoxy) is 1. The Morgan fingerprint density at radius 2 is 1.64 bits per heavy atom. The van der Waals surface area contributed by atoms with Crippen LogP contribution in [0.5, 0.6) is 0 Å². The number of amides is 2. The summed E-state index contributed by atoms with van der Waals surface area (Å²) in [7, 11) is 0. The van der Waals surface area contributed by atoms with Crippen LogP contribution in [0, 0.1) is 5.92 Å². The lowest BCUT2D eigenvalue weighted by molar-refractivity contribution is -0.154. The number of rotatable bonds is 6. The van der Waals surface area contributed by atoms with E-state index in [9.17, 15) is 14.4 Å². The number of carbonyl (C=O) groups is 3. The highest BCUT2D eigenvalue weighted by molar-refractivity contribution is 5.97. The molecule has 1 aromatic rings. The lowest BCUT2D eigenvalue weighted by Crippen LogP contribution is -2.46. The summed E-state index contributed by atoms with van der Waals surface area (Å²) >= 11 is 0. The summed E-state index contributed by atoms with van der Waals surface area (Å²) in [5, 5.41) is 2.75. The second kappa shape index (κ2) is 9.22. The van der Waals surface area contributed by atoms with Crippen LogP contribution in [0.4, 0.5) is 0 Å². The predicted octanol–water partition coefficient (Wildman–Crippen LogP) is 2.90. The van der Waals surface area contributed by atoms with Crippen LogP contribution in [-0.4, -0.2) is 48.4 Å². The van der Waals surface area contributed by atoms with Gasteiger partial charge in [0.15, 0.2) is 6.61 Å². The maximum Gasteiger partial charge on any atom is 0.329 e. The van der Waals surface area contributed by atoms with E-state index in [4.69, 9.17) is 4.74 Å². The molecule has 1 atom stereocenters. The van der Waals surface area contributed by atoms with E-state index in [1.807, 2.05) is 26.0 Å². The average molecular weight is 389 g/mol. The lowest BCUT2D eigenvalue weighted by atomic mass is 9.86. The fourth-order valence-corrected chi connectivity index (χ4v) is 3.12. The minimum absolute atomic E-state index is 0.00115. The summed E-state index contributed by atoms with van der Waals surface area (Å²) < 4.78 is 5.20. The number of nitrogens with one attached hydrogen (secondary N) is 1. The second-order valence-electron chi connectivity index (χ2n) is 8.72. The maximum absolute atomic E-state index is 12.6. The third-order valence-electron chi connectivity index (χ3n) is 5.02. The van der Waals surface area contributed by atoms with Crippen molar-refractivity contribution in [3.8, 4) is 0 Å². The van der Waals surface area contributed by atoms with Gasteiger partial charge >= 0.3 is 5.97 Å². The van der Waals surface area contributed by atoms with E-state index in [1.54, 1.807) is 17.0 Å². The van der Waals surface area contributed by atoms with Crippen molar-refractivity contribution >= 4 is 17.8 Å². The molecule has 2 amide bonds. The van der Waals surface area contributed by atoms with Crippen molar-refractivity contribution in [3.05, 3.63) is 35.4 Å². The Labute approximate surface area is 167 Å². The summed E-state index contributed by atoms with van der Waals surface area (Å²) in [5.74, 6) is -1.26. The molecule has 6 nitrogen and oxygen atoms in total. The number of carbonyl (C=O) groups excluding carboxylic acids is 3. The van der Waals surface area contributed by atoms with Crippen LogP contribution in [0.2, 0.25) is 0 Å². The van der Waals surface area contributed by atoms with Crippen molar-refractivity contribution in [3.63, 3.8) is 0 Å². The van der Waals surface area contributed by atoms with Gasteiger partial charge < -0.3 is 15.0 Å². The number of likely N-dealkylation sites (tertiary alicyclic amines) is 1. The van der Waals surface area contributed by atoms with Crippen LogP contribution >= 0.6 is 0 Å². The predicted molar refractivity (Wildman–Crippen MR) is 108 cm³/mol. The monoisotopic (exact) mass is 388 g/mol. The van der Waals surface area contributed by atoms with Crippen LogP contribution in [0.15, 0.2) is 24.3 Å². The number of benzene rings is 1. The smallest absolute Gasteiger partial charge is 0.329 e. The first kappa shape index (κ1) is 21.9. The van der Waals surface area contributed by atoms with Crippen molar-refractivity contribution in [1.82, 2.24) is 10.2 Å². The minimum Gasteiger partial charge on any atom is -0.454 e. The molecule has 6 heteroatoms. The standard InChI is InChI=1S/C22H32N2O4/c1-15(2)19(21(27)28-14-18(25)24-12-6-7-13-24)23-20(26)16-8-10-17(11-9-16)22(3,4)5/h8-11,15,19H,6-7,12-14H2,1-5H3,(H,23,26)/t19-/m0/s1. The van der Waals surface area contributed by atoms with Gasteiger partial charge in [0.2, 0.25) is 0 Å². The Bertz CT molecular complexity index is 698. The highest BCUT2D eigenvalue weighted by atomic mass is 16.5. The first-order valence-corrected chi connectivity index (χ1v) is 9.95. The summed E-state index contributed by atoms with van der Waals surface area (Å²) in [6, 6.07) is 6.56. The number of esters is 1. The zero-order valence-corrected chi connectivity index (χ0v) is 17.6. The molecule has 1 aliphatic heterocycles. The van der Waals surface area contributed by atoms with E-state index < -0.39 is 12.0 Å². The van der Waals surface area contributed by atoms with E-state index >= 15 is 0 Å². The second-order valence-corrected chi connectivity index (χ2v) is 8.72. The molecule has 0 unspecified atom stereocenters. The third kappa shape index (κ3) is 5.81. The molecule has 0 aromatic heterocycles. The average Bonchev–Trinajstić information content (AvgIpc) is 3.17. The quantitative estimate of drug-likeness (QED) is 0.761. The van der Waals surface area contributed by atoms with Crippen LogP contribution < -0.4 is 5.32 Å². The molecule has 0 bridgehead atoms. The van der Waals surface area contributed by atoms with Crippen molar-refractivity contribution in [1.29, 1.82) is 0 Å². The van der Waals surface area contributed by atoms with E-state index in [0.29, 0.717) is 18.7 Å². The maximum atomic E-state index is 12.6. The largest absolute Gasteiger partial charge is 0.454 e. The van der Waals surface area contributed by atoms with Crippen molar-refractivity contribution in [2.45, 2.75) is 58.9 Å². The molecule has 1 saturated heterocycles. The molecular weight excluding hydrogens is 356 g/mol. The Hall–Kier alpha value is -2.37. The zero-order chi connectivity index (χ0) is 20.9. The SMILES string of the molecule is CC(C)[C@H](NC(=O)c1ccc(C(C)(C)C)cc1)C(=O)OCC(=O)N1CCCC1. The van der Waals surface area contributed by atoms with Crippen LogP contribution in [-0.2, 0) is 19.7 Å². The minimum atomic E-state index is -0.804. The summed E-state index contributed by atoms with van der Waals surface area (Å²) in [4.78, 5) is 38.8. The van der Waals surface area contributed by atoms with Gasteiger partial charge in [0.1, 0.15) is 6.04 Å². The van der Waals surface area contributed by atoms with Gasteiger partial charge in [0, 0.05) is 18.7 Å². The van der Waals surface area contributed by atoms with Gasteiger partial charge in [-0.1, -0.05) is 46.8 Å². The Morgan fingerprint density at radius 1 is 1.07 bits per heavy atom. The number of hydrogen-bond acceptors (Lipinski definition) is 4. The Kier molecular flexibility index (Phi) is 7.22. The van der Waals surface area contributed by atoms with Gasteiger partial charge in [-0.05, 0) is 41.9 Å². The number of hydrogen-bond donors (Lipinski definition) is 1. The fraction of sp³-hybridized carbons (Fsp3) is 0.591. The molecule has 154 valence electrons. The van der Waals surface area contributed by atoms with Gasteiger partial charge in [-0.25, -0.2) is 4.79 Å². The molecular formula is C22H32N2O4. The lowest BCUT2D eigenvalue weighted by Gasteiger charge is -2.22. The van der Waals surface area contributed by atoms with E-state index in [1.165, 1.54) is 0 Å². The summed E-state index contributed by atoms with van der Waals surface area (Å²) in [6.45, 7) is 11.1. The third-order valence-corrected chi connectivity index (χ3v) is 5.02. The van der Waals surface area contributed by atoms with Crippen LogP contribution in [0.1, 0.15) is 63.4 Å². The molecule has 28 heavy (non-hydrogen) atoms. The van der Waals surface area contributed by atoms with Gasteiger partial charge in [0.05, 0.1) is 0 Å². The molecule has 1 heterocycles. The molecule has 0 spiro atoms. The topological polar surface area (TPSA) is 75.7 Å². The van der Waals surface area contributed by atoms with Crippen LogP contribution in [0.25, 0.3) is 0 Å². The molecule has 1 aliphatic rings.